The normalized spacial score (nSPS) is 42.1. The first-order valence-corrected chi connectivity index (χ1v) is 9.33. The number of hydrogen-bond donors (Lipinski definition) is 1. The maximum atomic E-state index is 10.6. The quantitative estimate of drug-likeness (QED) is 0.645. The molecule has 3 saturated heterocycles. The average Bonchev–Trinajstić information content (AvgIpc) is 3.49. The fourth-order valence-corrected chi connectivity index (χ4v) is 3.10. The zero-order valence-electron chi connectivity index (χ0n) is 15.5. The number of ether oxygens (including phenoxy) is 3. The minimum Gasteiger partial charge on any atom is -0.370 e. The van der Waals surface area contributed by atoms with Crippen molar-refractivity contribution in [1.82, 2.24) is 5.06 Å². The summed E-state index contributed by atoms with van der Waals surface area (Å²) < 4.78 is 16.4. The number of rotatable bonds is 9. The van der Waals surface area contributed by atoms with E-state index in [1.165, 1.54) is 5.06 Å². The van der Waals surface area contributed by atoms with Crippen LogP contribution in [0.2, 0.25) is 0 Å². The molecule has 0 aromatic rings. The third-order valence-corrected chi connectivity index (χ3v) is 5.70. The van der Waals surface area contributed by atoms with Crippen molar-refractivity contribution < 1.29 is 19.4 Å². The Balaban J connectivity index is 1.41. The Morgan fingerprint density at radius 3 is 2.04 bits per heavy atom. The highest BCUT2D eigenvalue weighted by Gasteiger charge is 2.42. The fourth-order valence-electron chi connectivity index (χ4n) is 3.10. The molecule has 1 N–H and O–H groups in total. The third kappa shape index (κ3) is 4.39. The highest BCUT2D eigenvalue weighted by Crippen LogP contribution is 2.35. The molecule has 25 heavy (non-hydrogen) atoms. The lowest BCUT2D eigenvalue weighted by molar-refractivity contribution is -0.0591. The van der Waals surface area contributed by atoms with Crippen molar-refractivity contribution in [2.24, 2.45) is 9.98 Å². The van der Waals surface area contributed by atoms with Crippen LogP contribution in [-0.2, 0) is 14.2 Å². The number of nitrogens with zero attached hydrogens (tertiary/aromatic N) is 3. The summed E-state index contributed by atoms with van der Waals surface area (Å²) in [5.74, 6) is 1.53. The van der Waals surface area contributed by atoms with Gasteiger partial charge in [0.2, 0.25) is 0 Å². The van der Waals surface area contributed by atoms with Crippen LogP contribution in [0.15, 0.2) is 9.98 Å². The molecule has 3 fully saturated rings. The molecule has 0 spiro atoms. The van der Waals surface area contributed by atoms with Gasteiger partial charge >= 0.3 is 0 Å². The van der Waals surface area contributed by atoms with E-state index in [9.17, 15) is 5.21 Å². The van der Waals surface area contributed by atoms with Crippen LogP contribution in [0.3, 0.4) is 0 Å². The topological polar surface area (TPSA) is 85.8 Å². The maximum absolute atomic E-state index is 10.6. The number of hydrogen-bond acceptors (Lipinski definition) is 7. The van der Waals surface area contributed by atoms with Crippen molar-refractivity contribution in [3.05, 3.63) is 0 Å². The summed E-state index contributed by atoms with van der Waals surface area (Å²) in [7, 11) is 0. The van der Waals surface area contributed by atoms with Crippen molar-refractivity contribution in [1.29, 1.82) is 0 Å². The van der Waals surface area contributed by atoms with E-state index >= 15 is 0 Å². The zero-order valence-corrected chi connectivity index (χ0v) is 15.5. The number of hydroxylamine groups is 2. The molecule has 4 rings (SSSR count). The molecular weight excluding hydrogens is 322 g/mol. The summed E-state index contributed by atoms with van der Waals surface area (Å²) in [5.41, 5.74) is -0.0804. The zero-order chi connectivity index (χ0) is 17.7. The number of epoxide rings is 3. The molecule has 7 heteroatoms. The Morgan fingerprint density at radius 1 is 0.960 bits per heavy atom. The van der Waals surface area contributed by atoms with Gasteiger partial charge in [-0.3, -0.25) is 5.21 Å². The van der Waals surface area contributed by atoms with Gasteiger partial charge in [0, 0.05) is 12.8 Å². The van der Waals surface area contributed by atoms with Gasteiger partial charge in [-0.25, -0.2) is 15.0 Å². The Morgan fingerprint density at radius 2 is 1.48 bits per heavy atom. The largest absolute Gasteiger partial charge is 0.370 e. The van der Waals surface area contributed by atoms with Crippen LogP contribution in [0.4, 0.5) is 0 Å². The van der Waals surface area contributed by atoms with Gasteiger partial charge in [-0.1, -0.05) is 0 Å². The van der Waals surface area contributed by atoms with Crippen molar-refractivity contribution in [3.8, 4) is 0 Å². The molecule has 4 aliphatic rings. The molecule has 0 radical (unpaired) electrons. The van der Waals surface area contributed by atoms with Gasteiger partial charge in [-0.05, 0) is 46.5 Å². The van der Waals surface area contributed by atoms with E-state index in [2.05, 4.69) is 25.8 Å². The lowest BCUT2D eigenvalue weighted by atomic mass is 10.0. The summed E-state index contributed by atoms with van der Waals surface area (Å²) in [6.45, 7) is 8.73. The number of aliphatic imine (C=N–C) groups is 2. The van der Waals surface area contributed by atoms with Crippen LogP contribution in [-0.4, -0.2) is 64.7 Å². The second-order valence-corrected chi connectivity index (χ2v) is 8.65. The molecule has 0 amide bonds. The Kier molecular flexibility index (Phi) is 4.18. The molecule has 0 aromatic carbocycles. The van der Waals surface area contributed by atoms with Crippen LogP contribution >= 0.6 is 0 Å². The molecule has 4 aliphatic heterocycles. The predicted octanol–water partition coefficient (Wildman–Crippen LogP) is 2.52. The molecule has 4 atom stereocenters. The Hall–Kier alpha value is -1.02. The highest BCUT2D eigenvalue weighted by molar-refractivity contribution is 5.98. The predicted molar refractivity (Wildman–Crippen MR) is 93.1 cm³/mol. The van der Waals surface area contributed by atoms with Crippen molar-refractivity contribution in [2.75, 3.05) is 19.8 Å². The van der Waals surface area contributed by atoms with E-state index in [4.69, 9.17) is 19.2 Å². The van der Waals surface area contributed by atoms with Gasteiger partial charge in [0.25, 0.3) is 0 Å². The van der Waals surface area contributed by atoms with E-state index in [1.54, 1.807) is 0 Å². The van der Waals surface area contributed by atoms with E-state index in [0.717, 1.165) is 57.8 Å². The average molecular weight is 351 g/mol. The molecule has 0 bridgehead atoms. The monoisotopic (exact) mass is 351 g/mol. The smallest absolute Gasteiger partial charge is 0.149 e. The molecule has 4 unspecified atom stereocenters. The Bertz CT molecular complexity index is 591. The van der Waals surface area contributed by atoms with Crippen LogP contribution in [0.1, 0.15) is 59.3 Å². The van der Waals surface area contributed by atoms with E-state index in [1.807, 2.05) is 0 Å². The molecule has 0 aliphatic carbocycles. The number of amidine groups is 2. The first-order chi connectivity index (χ1) is 11.8. The van der Waals surface area contributed by atoms with Crippen LogP contribution in [0.5, 0.6) is 0 Å². The van der Waals surface area contributed by atoms with Crippen molar-refractivity contribution in [2.45, 2.75) is 82.3 Å². The summed E-state index contributed by atoms with van der Waals surface area (Å²) in [4.78, 5) is 9.33. The van der Waals surface area contributed by atoms with E-state index < -0.39 is 0 Å². The Labute approximate surface area is 149 Å². The maximum Gasteiger partial charge on any atom is 0.149 e. The van der Waals surface area contributed by atoms with Gasteiger partial charge in [0.05, 0.1) is 36.6 Å². The van der Waals surface area contributed by atoms with Gasteiger partial charge in [-0.2, -0.15) is 0 Å². The SMILES string of the molecule is CC1(CCC2=NC(CCC3(C)CO3)N(O)C(CCC3(C)CO3)=N2)CO1. The minimum atomic E-state index is -0.274. The first kappa shape index (κ1) is 17.4. The molecule has 4 heterocycles. The summed E-state index contributed by atoms with van der Waals surface area (Å²) in [5, 5.41) is 11.9. The highest BCUT2D eigenvalue weighted by atomic mass is 16.6. The van der Waals surface area contributed by atoms with E-state index in [-0.39, 0.29) is 23.0 Å². The van der Waals surface area contributed by atoms with Gasteiger partial charge in [-0.15, -0.1) is 0 Å². The standard InChI is InChI=1S/C18H29N3O4/c1-16(10-23-16)7-4-13-19-14(5-8-17(2)11-24-17)21(22)15(20-13)6-9-18(3)12-25-18/h14,22H,4-12H2,1-3H3. The summed E-state index contributed by atoms with van der Waals surface area (Å²) >= 11 is 0. The molecule has 140 valence electrons. The van der Waals surface area contributed by atoms with Crippen LogP contribution in [0.25, 0.3) is 0 Å². The first-order valence-electron chi connectivity index (χ1n) is 9.33. The minimum absolute atomic E-state index is 0.00525. The summed E-state index contributed by atoms with van der Waals surface area (Å²) in [6.07, 6.45) is 4.64. The third-order valence-electron chi connectivity index (χ3n) is 5.70. The van der Waals surface area contributed by atoms with E-state index in [0.29, 0.717) is 12.3 Å². The van der Waals surface area contributed by atoms with Gasteiger partial charge in [0.15, 0.2) is 0 Å². The summed E-state index contributed by atoms with van der Waals surface area (Å²) in [6, 6.07) is 0. The van der Waals surface area contributed by atoms with Gasteiger partial charge < -0.3 is 14.2 Å². The second kappa shape index (κ2) is 6.01. The van der Waals surface area contributed by atoms with Crippen molar-refractivity contribution in [3.63, 3.8) is 0 Å². The molecular formula is C18H29N3O4. The van der Waals surface area contributed by atoms with Gasteiger partial charge in [0.1, 0.15) is 17.8 Å². The molecule has 0 saturated carbocycles. The molecule has 7 nitrogen and oxygen atoms in total. The van der Waals surface area contributed by atoms with Crippen LogP contribution < -0.4 is 0 Å². The molecule has 0 aromatic heterocycles. The fraction of sp³-hybridized carbons (Fsp3) is 0.889. The lowest BCUT2D eigenvalue weighted by Crippen LogP contribution is -2.41. The lowest BCUT2D eigenvalue weighted by Gasteiger charge is -2.30. The van der Waals surface area contributed by atoms with Crippen LogP contribution in [0, 0.1) is 0 Å². The van der Waals surface area contributed by atoms with Crippen molar-refractivity contribution >= 4 is 11.7 Å². The second-order valence-electron chi connectivity index (χ2n) is 8.65.